The first kappa shape index (κ1) is 22.4. The van der Waals surface area contributed by atoms with Gasteiger partial charge >= 0.3 is 5.97 Å². The number of aryl methyl sites for hydroxylation is 1. The second kappa shape index (κ2) is 11.2. The summed E-state index contributed by atoms with van der Waals surface area (Å²) in [5.74, 6) is 3.42. The summed E-state index contributed by atoms with van der Waals surface area (Å²) in [6, 6.07) is 20.3. The Labute approximate surface area is 184 Å². The number of nitrogens with one attached hydrogen (secondary N) is 3. The summed E-state index contributed by atoms with van der Waals surface area (Å²) in [6.45, 7) is -0.354. The standard InChI is InChI=1S/C23H23N5O4/c24-27-15-26-19-9-4-8-18(13-19)23(31)25-14-21(29)28-32-22(30)12-11-17-7-3-6-16-5-1-2-10-20(16)17/h1-10,13,15H,11-12,14,24H2,(H,25,31)(H,26,27)(H,28,29). The van der Waals surface area contributed by atoms with Gasteiger partial charge in [0.25, 0.3) is 11.8 Å². The summed E-state index contributed by atoms with van der Waals surface area (Å²) >= 11 is 0. The van der Waals surface area contributed by atoms with Crippen molar-refractivity contribution in [2.45, 2.75) is 12.8 Å². The van der Waals surface area contributed by atoms with Crippen LogP contribution in [0, 0.1) is 0 Å². The van der Waals surface area contributed by atoms with Crippen LogP contribution >= 0.6 is 0 Å². The smallest absolute Gasteiger partial charge is 0.332 e. The summed E-state index contributed by atoms with van der Waals surface area (Å²) in [7, 11) is 0. The van der Waals surface area contributed by atoms with E-state index in [9.17, 15) is 14.4 Å². The largest absolute Gasteiger partial charge is 0.343 e. The maximum atomic E-state index is 12.2. The highest BCUT2D eigenvalue weighted by Gasteiger charge is 2.11. The van der Waals surface area contributed by atoms with Crippen molar-refractivity contribution in [3.05, 3.63) is 77.9 Å². The average molecular weight is 433 g/mol. The lowest BCUT2D eigenvalue weighted by Gasteiger charge is -2.08. The van der Waals surface area contributed by atoms with Gasteiger partial charge in [-0.2, -0.15) is 5.48 Å². The van der Waals surface area contributed by atoms with Gasteiger partial charge in [0.15, 0.2) is 0 Å². The third-order valence-corrected chi connectivity index (χ3v) is 4.56. The fraction of sp³-hybridized carbons (Fsp3) is 0.130. The molecule has 9 nitrogen and oxygen atoms in total. The first-order valence-corrected chi connectivity index (χ1v) is 9.89. The number of aliphatic imine (C=N–C) groups is 1. The molecule has 0 unspecified atom stereocenters. The monoisotopic (exact) mass is 433 g/mol. The summed E-state index contributed by atoms with van der Waals surface area (Å²) in [5.41, 5.74) is 6.17. The van der Waals surface area contributed by atoms with E-state index in [0.717, 1.165) is 16.3 Å². The number of carbonyl (C=O) groups is 3. The molecule has 0 saturated carbocycles. The Morgan fingerprint density at radius 1 is 1.00 bits per heavy atom. The van der Waals surface area contributed by atoms with E-state index in [1.807, 2.05) is 42.5 Å². The van der Waals surface area contributed by atoms with Gasteiger partial charge in [0, 0.05) is 5.56 Å². The van der Waals surface area contributed by atoms with Gasteiger partial charge in [-0.15, -0.1) is 0 Å². The lowest BCUT2D eigenvalue weighted by Crippen LogP contribution is -2.38. The van der Waals surface area contributed by atoms with Crippen molar-refractivity contribution >= 4 is 40.6 Å². The van der Waals surface area contributed by atoms with Crippen LogP contribution in [0.3, 0.4) is 0 Å². The Balaban J connectivity index is 1.42. The van der Waals surface area contributed by atoms with Crippen molar-refractivity contribution < 1.29 is 19.2 Å². The lowest BCUT2D eigenvalue weighted by atomic mass is 10.0. The summed E-state index contributed by atoms with van der Waals surface area (Å²) in [5, 5.41) is 4.62. The summed E-state index contributed by atoms with van der Waals surface area (Å²) in [6.07, 6.45) is 1.86. The fourth-order valence-electron chi connectivity index (χ4n) is 3.05. The molecule has 0 radical (unpaired) electrons. The molecule has 0 aliphatic rings. The van der Waals surface area contributed by atoms with Crippen LogP contribution in [0.5, 0.6) is 0 Å². The first-order valence-electron chi connectivity index (χ1n) is 9.89. The molecule has 0 aliphatic carbocycles. The molecule has 3 rings (SSSR count). The molecule has 0 aromatic heterocycles. The van der Waals surface area contributed by atoms with Gasteiger partial charge in [0.2, 0.25) is 0 Å². The molecule has 2 amide bonds. The van der Waals surface area contributed by atoms with Crippen LogP contribution in [0.15, 0.2) is 71.7 Å². The number of benzene rings is 3. The molecule has 0 heterocycles. The van der Waals surface area contributed by atoms with Crippen molar-refractivity contribution in [3.63, 3.8) is 0 Å². The van der Waals surface area contributed by atoms with E-state index >= 15 is 0 Å². The Kier molecular flexibility index (Phi) is 7.88. The Morgan fingerprint density at radius 3 is 2.62 bits per heavy atom. The molecule has 3 aromatic rings. The second-order valence-corrected chi connectivity index (χ2v) is 6.80. The number of fused-ring (bicyclic) bond motifs is 1. The molecule has 0 bridgehead atoms. The minimum Gasteiger partial charge on any atom is -0.343 e. The minimum absolute atomic E-state index is 0.103. The van der Waals surface area contributed by atoms with E-state index in [1.165, 1.54) is 12.4 Å². The SMILES string of the molecule is NNC=Nc1cccc(C(=O)NCC(=O)NOC(=O)CCc2cccc3ccccc23)c1. The number of nitrogens with zero attached hydrogens (tertiary/aromatic N) is 1. The number of amides is 2. The van der Waals surface area contributed by atoms with E-state index in [0.29, 0.717) is 17.7 Å². The van der Waals surface area contributed by atoms with Crippen LogP contribution in [-0.2, 0) is 20.8 Å². The number of hydroxylamine groups is 1. The number of carbonyl (C=O) groups excluding carboxylic acids is 3. The van der Waals surface area contributed by atoms with Gasteiger partial charge in [-0.1, -0.05) is 48.5 Å². The third-order valence-electron chi connectivity index (χ3n) is 4.56. The van der Waals surface area contributed by atoms with Gasteiger partial charge in [-0.05, 0) is 41.0 Å². The number of hydrogen-bond donors (Lipinski definition) is 4. The zero-order valence-corrected chi connectivity index (χ0v) is 17.2. The molecule has 3 aromatic carbocycles. The minimum atomic E-state index is -0.654. The molecule has 0 spiro atoms. The van der Waals surface area contributed by atoms with Gasteiger partial charge in [0.05, 0.1) is 18.7 Å². The predicted octanol–water partition coefficient (Wildman–Crippen LogP) is 1.90. The van der Waals surface area contributed by atoms with E-state index in [2.05, 4.69) is 21.2 Å². The highest BCUT2D eigenvalue weighted by atomic mass is 16.7. The third kappa shape index (κ3) is 6.38. The molecule has 0 fully saturated rings. The van der Waals surface area contributed by atoms with Crippen LogP contribution in [0.2, 0.25) is 0 Å². The zero-order valence-electron chi connectivity index (χ0n) is 17.2. The van der Waals surface area contributed by atoms with Crippen LogP contribution in [0.4, 0.5) is 5.69 Å². The molecular formula is C23H23N5O4. The molecule has 0 aliphatic heterocycles. The molecule has 0 atom stereocenters. The van der Waals surface area contributed by atoms with Gasteiger partial charge in [-0.25, -0.2) is 15.6 Å². The highest BCUT2D eigenvalue weighted by molar-refractivity contribution is 5.97. The normalized spacial score (nSPS) is 10.7. The topological polar surface area (TPSA) is 135 Å². The lowest BCUT2D eigenvalue weighted by molar-refractivity contribution is -0.157. The first-order chi connectivity index (χ1) is 15.6. The van der Waals surface area contributed by atoms with Crippen LogP contribution in [0.25, 0.3) is 10.8 Å². The van der Waals surface area contributed by atoms with Crippen molar-refractivity contribution in [2.24, 2.45) is 10.8 Å². The number of nitrogens with two attached hydrogens (primary N) is 1. The van der Waals surface area contributed by atoms with E-state index in [1.54, 1.807) is 18.2 Å². The Bertz CT molecular complexity index is 1140. The quantitative estimate of drug-likeness (QED) is 0.185. The molecule has 5 N–H and O–H groups in total. The molecule has 32 heavy (non-hydrogen) atoms. The highest BCUT2D eigenvalue weighted by Crippen LogP contribution is 2.19. The predicted molar refractivity (Wildman–Crippen MR) is 121 cm³/mol. The van der Waals surface area contributed by atoms with Gasteiger partial charge in [0.1, 0.15) is 6.34 Å². The zero-order chi connectivity index (χ0) is 22.8. The van der Waals surface area contributed by atoms with Crippen molar-refractivity contribution in [1.29, 1.82) is 0 Å². The Hall–Kier alpha value is -4.24. The maximum Gasteiger partial charge on any atom is 0.332 e. The average Bonchev–Trinajstić information content (AvgIpc) is 2.83. The maximum absolute atomic E-state index is 12.2. The Morgan fingerprint density at radius 2 is 1.78 bits per heavy atom. The van der Waals surface area contributed by atoms with E-state index < -0.39 is 17.8 Å². The summed E-state index contributed by atoms with van der Waals surface area (Å²) < 4.78 is 0. The van der Waals surface area contributed by atoms with Crippen molar-refractivity contribution in [3.8, 4) is 0 Å². The van der Waals surface area contributed by atoms with Crippen molar-refractivity contribution in [2.75, 3.05) is 6.54 Å². The fourth-order valence-corrected chi connectivity index (χ4v) is 3.05. The van der Waals surface area contributed by atoms with Crippen LogP contribution in [0.1, 0.15) is 22.3 Å². The number of hydrogen-bond acceptors (Lipinski definition) is 6. The molecule has 164 valence electrons. The van der Waals surface area contributed by atoms with Gasteiger partial charge in [-0.3, -0.25) is 9.59 Å². The van der Waals surface area contributed by atoms with Gasteiger partial charge < -0.3 is 15.6 Å². The number of rotatable bonds is 8. The molecule has 9 heteroatoms. The second-order valence-electron chi connectivity index (χ2n) is 6.80. The molecular weight excluding hydrogens is 410 g/mol. The van der Waals surface area contributed by atoms with Crippen LogP contribution in [-0.4, -0.2) is 30.7 Å². The number of hydrazine groups is 1. The van der Waals surface area contributed by atoms with Crippen LogP contribution < -0.4 is 22.1 Å². The van der Waals surface area contributed by atoms with Crippen molar-refractivity contribution in [1.82, 2.24) is 16.2 Å². The van der Waals surface area contributed by atoms with E-state index in [-0.39, 0.29) is 13.0 Å². The summed E-state index contributed by atoms with van der Waals surface area (Å²) in [4.78, 5) is 44.9. The van der Waals surface area contributed by atoms with E-state index in [4.69, 9.17) is 10.7 Å². The molecule has 0 saturated heterocycles.